The molecule has 0 aliphatic carbocycles. The number of aliphatic hydroxyl groups excluding tert-OH is 1. The van der Waals surface area contributed by atoms with Crippen LogP contribution in [0, 0.1) is 0 Å². The molecule has 3 atom stereocenters. The Morgan fingerprint density at radius 2 is 2.00 bits per heavy atom. The first-order valence-corrected chi connectivity index (χ1v) is 14.6. The molecule has 8 nitrogen and oxygen atoms in total. The molecule has 3 unspecified atom stereocenters. The number of esters is 1. The highest BCUT2D eigenvalue weighted by molar-refractivity contribution is 7.93. The number of nitrogens with zero attached hydrogens (tertiary/aromatic N) is 2. The molecule has 0 spiro atoms. The van der Waals surface area contributed by atoms with Gasteiger partial charge in [-0.3, -0.25) is 14.0 Å². The lowest BCUT2D eigenvalue weighted by molar-refractivity contribution is -0.142. The van der Waals surface area contributed by atoms with Crippen LogP contribution in [0.15, 0.2) is 42.5 Å². The predicted molar refractivity (Wildman–Crippen MR) is 143 cm³/mol. The Labute approximate surface area is 220 Å². The third kappa shape index (κ3) is 5.70. The lowest BCUT2D eigenvalue weighted by atomic mass is 9.94. The van der Waals surface area contributed by atoms with Gasteiger partial charge in [0.1, 0.15) is 6.61 Å². The van der Waals surface area contributed by atoms with E-state index in [0.717, 1.165) is 41.6 Å². The number of aryl methyl sites for hydroxylation is 2. The van der Waals surface area contributed by atoms with Crippen molar-refractivity contribution < 1.29 is 27.8 Å². The minimum atomic E-state index is -3.89. The zero-order chi connectivity index (χ0) is 26.6. The number of hydrogen-bond donors (Lipinski definition) is 1. The first-order chi connectivity index (χ1) is 17.8. The first kappa shape index (κ1) is 27.6. The molecule has 0 radical (unpaired) electrons. The van der Waals surface area contributed by atoms with Crippen molar-refractivity contribution in [1.82, 2.24) is 4.90 Å². The summed E-state index contributed by atoms with van der Waals surface area (Å²) in [6.07, 6.45) is 3.21. The van der Waals surface area contributed by atoms with Gasteiger partial charge >= 0.3 is 5.97 Å². The van der Waals surface area contributed by atoms with Crippen molar-refractivity contribution in [2.45, 2.75) is 70.5 Å². The molecule has 9 heteroatoms. The van der Waals surface area contributed by atoms with Crippen LogP contribution in [0.5, 0.6) is 0 Å². The zero-order valence-corrected chi connectivity index (χ0v) is 22.7. The minimum Gasteiger partial charge on any atom is -0.461 e. The van der Waals surface area contributed by atoms with Crippen LogP contribution in [-0.2, 0) is 43.7 Å². The molecular formula is C28H38N2O6S. The van der Waals surface area contributed by atoms with E-state index in [-0.39, 0.29) is 25.9 Å². The molecule has 2 aromatic rings. The van der Waals surface area contributed by atoms with Crippen molar-refractivity contribution in [2.75, 3.05) is 30.7 Å². The Morgan fingerprint density at radius 1 is 1.22 bits per heavy atom. The number of hydrogen-bond acceptors (Lipinski definition) is 7. The largest absolute Gasteiger partial charge is 0.461 e. The fraction of sp³-hybridized carbons (Fsp3) is 0.536. The summed E-state index contributed by atoms with van der Waals surface area (Å²) in [5.74, 6) is -0.400. The number of rotatable bonds is 9. The molecule has 202 valence electrons. The highest BCUT2D eigenvalue weighted by Gasteiger charge is 2.45. The molecule has 1 N–H and O–H groups in total. The van der Waals surface area contributed by atoms with Crippen molar-refractivity contribution in [2.24, 2.45) is 0 Å². The van der Waals surface area contributed by atoms with Crippen LogP contribution in [0.4, 0.5) is 5.69 Å². The molecule has 0 bridgehead atoms. The average molecular weight is 531 g/mol. The van der Waals surface area contributed by atoms with E-state index in [9.17, 15) is 18.3 Å². The molecule has 0 saturated carbocycles. The number of carbonyl (C=O) groups is 1. The molecule has 0 aromatic heterocycles. The van der Waals surface area contributed by atoms with Gasteiger partial charge in [-0.15, -0.1) is 0 Å². The van der Waals surface area contributed by atoms with Crippen LogP contribution >= 0.6 is 0 Å². The van der Waals surface area contributed by atoms with Crippen LogP contribution in [0.3, 0.4) is 0 Å². The van der Waals surface area contributed by atoms with Gasteiger partial charge in [0.25, 0.3) is 10.0 Å². The van der Waals surface area contributed by atoms with E-state index in [4.69, 9.17) is 9.47 Å². The number of carbonyl (C=O) groups excluding carboxylic acids is 1. The summed E-state index contributed by atoms with van der Waals surface area (Å²) in [6.45, 7) is 5.97. The number of anilines is 1. The van der Waals surface area contributed by atoms with Gasteiger partial charge in [0.15, 0.2) is 5.37 Å². The Morgan fingerprint density at radius 3 is 2.70 bits per heavy atom. The summed E-state index contributed by atoms with van der Waals surface area (Å²) in [5, 5.41) is 9.58. The number of fused-ring (bicyclic) bond motifs is 1. The summed E-state index contributed by atoms with van der Waals surface area (Å²) in [7, 11) is -3.89. The normalized spacial score (nSPS) is 21.4. The average Bonchev–Trinajstić information content (AvgIpc) is 2.92. The maximum atomic E-state index is 14.4. The Kier molecular flexibility index (Phi) is 8.90. The monoisotopic (exact) mass is 530 g/mol. The molecule has 37 heavy (non-hydrogen) atoms. The summed E-state index contributed by atoms with van der Waals surface area (Å²) in [6, 6.07) is 12.7. The lowest BCUT2D eigenvalue weighted by Gasteiger charge is -2.45. The van der Waals surface area contributed by atoms with Crippen LogP contribution < -0.4 is 4.31 Å². The van der Waals surface area contributed by atoms with E-state index in [1.54, 1.807) is 4.31 Å². The van der Waals surface area contributed by atoms with Gasteiger partial charge in [-0.2, -0.15) is 0 Å². The highest BCUT2D eigenvalue weighted by atomic mass is 32.2. The maximum absolute atomic E-state index is 14.4. The standard InChI is InChI=1S/C28H38N2O6S/c1-4-21-10-13-26-22(16-21)11-12-24(5-2)30(26)37(33,34)28-19-35-15-14-29(28)27(17-31)25-9-7-6-8-23(25)18-36-20(3)32/h6-10,13,16,24,27-28,31H,4-5,11-12,14-15,17-19H2,1-3H3. The molecule has 4 rings (SSSR count). The lowest BCUT2D eigenvalue weighted by Crippen LogP contribution is -2.58. The number of ether oxygens (including phenoxy) is 2. The van der Waals surface area contributed by atoms with E-state index in [1.165, 1.54) is 12.5 Å². The molecular weight excluding hydrogens is 492 g/mol. The van der Waals surface area contributed by atoms with Crippen LogP contribution in [0.2, 0.25) is 0 Å². The van der Waals surface area contributed by atoms with Crippen molar-refractivity contribution >= 4 is 21.7 Å². The summed E-state index contributed by atoms with van der Waals surface area (Å²) < 4.78 is 41.5. The number of aliphatic hydroxyl groups is 1. The molecule has 1 fully saturated rings. The fourth-order valence-corrected chi connectivity index (χ4v) is 7.76. The molecule has 1 saturated heterocycles. The van der Waals surface area contributed by atoms with Crippen molar-refractivity contribution in [3.63, 3.8) is 0 Å². The molecule has 2 heterocycles. The van der Waals surface area contributed by atoms with Crippen LogP contribution in [0.1, 0.15) is 61.9 Å². The van der Waals surface area contributed by atoms with E-state index in [1.807, 2.05) is 48.2 Å². The number of morpholine rings is 1. The highest BCUT2D eigenvalue weighted by Crippen LogP contribution is 2.39. The SMILES string of the molecule is CCc1ccc2c(c1)CCC(CC)N2S(=O)(=O)C1COCCN1C(CO)c1ccccc1COC(C)=O. The van der Waals surface area contributed by atoms with Gasteiger partial charge < -0.3 is 14.6 Å². The van der Waals surface area contributed by atoms with Gasteiger partial charge in [-0.25, -0.2) is 8.42 Å². The van der Waals surface area contributed by atoms with Crippen LogP contribution in [0.25, 0.3) is 0 Å². The Hall–Kier alpha value is -2.46. The van der Waals surface area contributed by atoms with Gasteiger partial charge in [0, 0.05) is 19.5 Å². The van der Waals surface area contributed by atoms with Crippen molar-refractivity contribution in [1.29, 1.82) is 0 Å². The second kappa shape index (κ2) is 11.9. The topological polar surface area (TPSA) is 96.4 Å². The quantitative estimate of drug-likeness (QED) is 0.495. The van der Waals surface area contributed by atoms with Gasteiger partial charge in [0.2, 0.25) is 0 Å². The van der Waals surface area contributed by atoms with E-state index >= 15 is 0 Å². The molecule has 0 amide bonds. The molecule has 2 aliphatic rings. The minimum absolute atomic E-state index is 0.0141. The van der Waals surface area contributed by atoms with Gasteiger partial charge in [-0.05, 0) is 54.0 Å². The first-order valence-electron chi connectivity index (χ1n) is 13.1. The third-order valence-electron chi connectivity index (χ3n) is 7.50. The van der Waals surface area contributed by atoms with Crippen molar-refractivity contribution in [3.05, 3.63) is 64.7 Å². The smallest absolute Gasteiger partial charge is 0.302 e. The summed E-state index contributed by atoms with van der Waals surface area (Å²) in [5.41, 5.74) is 4.48. The Balaban J connectivity index is 1.73. The van der Waals surface area contributed by atoms with Crippen LogP contribution in [-0.4, -0.2) is 62.2 Å². The number of benzene rings is 2. The van der Waals surface area contributed by atoms with Crippen molar-refractivity contribution in [3.8, 4) is 0 Å². The predicted octanol–water partition coefficient (Wildman–Crippen LogP) is 3.57. The molecule has 2 aliphatic heterocycles. The summed E-state index contributed by atoms with van der Waals surface area (Å²) in [4.78, 5) is 13.3. The van der Waals surface area contributed by atoms with Gasteiger partial charge in [0.05, 0.1) is 31.5 Å². The third-order valence-corrected chi connectivity index (χ3v) is 9.64. The number of sulfonamides is 1. The summed E-state index contributed by atoms with van der Waals surface area (Å²) >= 11 is 0. The maximum Gasteiger partial charge on any atom is 0.302 e. The second-order valence-electron chi connectivity index (χ2n) is 9.70. The molecule has 2 aromatic carbocycles. The van der Waals surface area contributed by atoms with Gasteiger partial charge in [-0.1, -0.05) is 50.2 Å². The van der Waals surface area contributed by atoms with E-state index in [2.05, 4.69) is 13.0 Å². The van der Waals surface area contributed by atoms with E-state index < -0.39 is 27.4 Å². The Bertz CT molecular complexity index is 1200. The second-order valence-corrected chi connectivity index (χ2v) is 11.7. The zero-order valence-electron chi connectivity index (χ0n) is 21.9. The fourth-order valence-electron chi connectivity index (χ4n) is 5.52. The van der Waals surface area contributed by atoms with E-state index in [0.29, 0.717) is 19.6 Å².